The van der Waals surface area contributed by atoms with Gasteiger partial charge in [-0.2, -0.15) is 0 Å². The Balaban J connectivity index is 2.97. The van der Waals surface area contributed by atoms with Gasteiger partial charge < -0.3 is 4.74 Å². The first kappa shape index (κ1) is 13.3. The summed E-state index contributed by atoms with van der Waals surface area (Å²) < 4.78 is 5.35. The average Bonchev–Trinajstić information content (AvgIpc) is 2.29. The van der Waals surface area contributed by atoms with Gasteiger partial charge in [-0.05, 0) is 30.0 Å². The van der Waals surface area contributed by atoms with Crippen molar-refractivity contribution in [3.8, 4) is 5.75 Å². The van der Waals surface area contributed by atoms with Gasteiger partial charge in [0, 0.05) is 10.9 Å². The molecule has 16 heavy (non-hydrogen) atoms. The average molecular weight is 283 g/mol. The molecule has 0 fully saturated rings. The number of allylic oxidation sites excluding steroid dienone is 1. The Hall–Kier alpha value is -0.760. The first-order chi connectivity index (χ1) is 7.69. The van der Waals surface area contributed by atoms with Gasteiger partial charge in [0.1, 0.15) is 5.75 Å². The zero-order chi connectivity index (χ0) is 12.0. The molecule has 1 aromatic rings. The minimum atomic E-state index is 0.550. The van der Waals surface area contributed by atoms with Gasteiger partial charge in [0.25, 0.3) is 0 Å². The summed E-state index contributed by atoms with van der Waals surface area (Å²) in [6.07, 6.45) is 5.33. The predicted molar refractivity (Wildman–Crippen MR) is 74.5 cm³/mol. The molecule has 0 aliphatic heterocycles. The Kier molecular flexibility index (Phi) is 5.61. The predicted octanol–water partition coefficient (Wildman–Crippen LogP) is 4.62. The summed E-state index contributed by atoms with van der Waals surface area (Å²) in [5, 5.41) is 0.996. The van der Waals surface area contributed by atoms with E-state index in [1.807, 2.05) is 6.07 Å². The Morgan fingerprint density at radius 2 is 2.12 bits per heavy atom. The van der Waals surface area contributed by atoms with Gasteiger partial charge in [0.15, 0.2) is 0 Å². The van der Waals surface area contributed by atoms with E-state index in [0.717, 1.165) is 23.1 Å². The number of ether oxygens (including phenoxy) is 1. The summed E-state index contributed by atoms with van der Waals surface area (Å²) in [7, 11) is 1.71. The van der Waals surface area contributed by atoms with E-state index < -0.39 is 0 Å². The summed E-state index contributed by atoms with van der Waals surface area (Å²) in [6, 6.07) is 6.38. The topological polar surface area (TPSA) is 9.23 Å². The number of rotatable bonds is 5. The molecule has 0 aliphatic carbocycles. The van der Waals surface area contributed by atoms with E-state index >= 15 is 0 Å². The quantitative estimate of drug-likeness (QED) is 0.717. The van der Waals surface area contributed by atoms with Crippen molar-refractivity contribution in [3.63, 3.8) is 0 Å². The Morgan fingerprint density at radius 1 is 1.38 bits per heavy atom. The van der Waals surface area contributed by atoms with Crippen LogP contribution in [0, 0.1) is 0 Å². The maximum atomic E-state index is 5.35. The van der Waals surface area contributed by atoms with Crippen molar-refractivity contribution in [3.05, 3.63) is 35.4 Å². The van der Waals surface area contributed by atoms with E-state index in [4.69, 9.17) is 4.74 Å². The van der Waals surface area contributed by atoms with Crippen molar-refractivity contribution in [1.82, 2.24) is 0 Å². The first-order valence-electron chi connectivity index (χ1n) is 5.59. The summed E-state index contributed by atoms with van der Waals surface area (Å²) in [5.41, 5.74) is 2.51. The van der Waals surface area contributed by atoms with Crippen LogP contribution in [0.3, 0.4) is 0 Å². The van der Waals surface area contributed by atoms with Gasteiger partial charge in [-0.1, -0.05) is 48.0 Å². The highest BCUT2D eigenvalue weighted by Crippen LogP contribution is 2.25. The Morgan fingerprint density at radius 3 is 2.69 bits per heavy atom. The van der Waals surface area contributed by atoms with Crippen LogP contribution < -0.4 is 4.74 Å². The molecule has 2 heteroatoms. The molecule has 0 heterocycles. The van der Waals surface area contributed by atoms with Crippen molar-refractivity contribution >= 4 is 22.0 Å². The van der Waals surface area contributed by atoms with Crippen molar-refractivity contribution in [2.45, 2.75) is 26.2 Å². The molecule has 0 bridgehead atoms. The lowest BCUT2D eigenvalue weighted by Crippen LogP contribution is -1.92. The van der Waals surface area contributed by atoms with Gasteiger partial charge in [-0.15, -0.1) is 0 Å². The van der Waals surface area contributed by atoms with E-state index in [1.54, 1.807) is 7.11 Å². The van der Waals surface area contributed by atoms with Crippen molar-refractivity contribution < 1.29 is 4.74 Å². The van der Waals surface area contributed by atoms with Crippen LogP contribution in [0.4, 0.5) is 0 Å². The summed E-state index contributed by atoms with van der Waals surface area (Å²) in [6.45, 7) is 4.40. The number of benzene rings is 1. The van der Waals surface area contributed by atoms with Gasteiger partial charge in [-0.3, -0.25) is 0 Å². The molecule has 0 aliphatic rings. The summed E-state index contributed by atoms with van der Waals surface area (Å²) in [5.74, 6) is 1.49. The molecule has 0 N–H and O–H groups in total. The SMILES string of the molecule is COc1ccc(C(C)C)cc1/C=C/CCBr. The largest absolute Gasteiger partial charge is 0.496 e. The van der Waals surface area contributed by atoms with E-state index in [-0.39, 0.29) is 0 Å². The lowest BCUT2D eigenvalue weighted by Gasteiger charge is -2.10. The second-order valence-electron chi connectivity index (χ2n) is 4.04. The second kappa shape index (κ2) is 6.74. The van der Waals surface area contributed by atoms with Crippen LogP contribution in [-0.2, 0) is 0 Å². The normalized spacial score (nSPS) is 11.3. The van der Waals surface area contributed by atoms with Crippen molar-refractivity contribution in [2.24, 2.45) is 0 Å². The molecule has 0 saturated heterocycles. The number of halogens is 1. The third-order valence-electron chi connectivity index (χ3n) is 2.49. The van der Waals surface area contributed by atoms with Gasteiger partial charge >= 0.3 is 0 Å². The molecule has 0 atom stereocenters. The zero-order valence-corrected chi connectivity index (χ0v) is 11.8. The Bertz CT molecular complexity index is 356. The molecular formula is C14H19BrO. The minimum absolute atomic E-state index is 0.550. The lowest BCUT2D eigenvalue weighted by atomic mass is 10.00. The molecule has 1 aromatic carbocycles. The minimum Gasteiger partial charge on any atom is -0.496 e. The highest BCUT2D eigenvalue weighted by atomic mass is 79.9. The fourth-order valence-electron chi connectivity index (χ4n) is 1.52. The van der Waals surface area contributed by atoms with Crippen LogP contribution in [0.2, 0.25) is 0 Å². The number of methoxy groups -OCH3 is 1. The van der Waals surface area contributed by atoms with Gasteiger partial charge in [0.05, 0.1) is 7.11 Å². The third-order valence-corrected chi connectivity index (χ3v) is 2.95. The molecule has 0 amide bonds. The van der Waals surface area contributed by atoms with E-state index in [0.29, 0.717) is 5.92 Å². The molecule has 0 aromatic heterocycles. The molecule has 0 saturated carbocycles. The molecule has 88 valence electrons. The smallest absolute Gasteiger partial charge is 0.126 e. The summed E-state index contributed by atoms with van der Waals surface area (Å²) in [4.78, 5) is 0. The monoisotopic (exact) mass is 282 g/mol. The fourth-order valence-corrected chi connectivity index (χ4v) is 1.78. The lowest BCUT2D eigenvalue weighted by molar-refractivity contribution is 0.413. The molecule has 0 unspecified atom stereocenters. The molecule has 1 rings (SSSR count). The van der Waals surface area contributed by atoms with E-state index in [1.165, 1.54) is 5.56 Å². The van der Waals surface area contributed by atoms with Crippen molar-refractivity contribution in [1.29, 1.82) is 0 Å². The highest BCUT2D eigenvalue weighted by molar-refractivity contribution is 9.09. The van der Waals surface area contributed by atoms with Gasteiger partial charge in [0.2, 0.25) is 0 Å². The van der Waals surface area contributed by atoms with Crippen LogP contribution in [0.25, 0.3) is 6.08 Å². The number of hydrogen-bond donors (Lipinski definition) is 0. The van der Waals surface area contributed by atoms with Crippen LogP contribution >= 0.6 is 15.9 Å². The summed E-state index contributed by atoms with van der Waals surface area (Å²) >= 11 is 3.41. The second-order valence-corrected chi connectivity index (χ2v) is 4.83. The molecule has 0 spiro atoms. The zero-order valence-electron chi connectivity index (χ0n) is 10.2. The van der Waals surface area contributed by atoms with Crippen LogP contribution in [-0.4, -0.2) is 12.4 Å². The maximum Gasteiger partial charge on any atom is 0.126 e. The highest BCUT2D eigenvalue weighted by Gasteiger charge is 2.04. The van der Waals surface area contributed by atoms with Crippen LogP contribution in [0.5, 0.6) is 5.75 Å². The first-order valence-corrected chi connectivity index (χ1v) is 6.71. The van der Waals surface area contributed by atoms with Crippen LogP contribution in [0.1, 0.15) is 37.3 Å². The van der Waals surface area contributed by atoms with E-state index in [2.05, 4.69) is 54.1 Å². The standard InChI is InChI=1S/C14H19BrO/c1-11(2)12-7-8-14(16-3)13(10-12)6-4-5-9-15/h4,6-8,10-11H,5,9H2,1-3H3/b6-4+. The maximum absolute atomic E-state index is 5.35. The van der Waals surface area contributed by atoms with Gasteiger partial charge in [-0.25, -0.2) is 0 Å². The van der Waals surface area contributed by atoms with E-state index in [9.17, 15) is 0 Å². The molecule has 0 radical (unpaired) electrons. The molecular weight excluding hydrogens is 264 g/mol. The third kappa shape index (κ3) is 3.67. The number of alkyl halides is 1. The Labute approximate surface area is 107 Å². The molecule has 1 nitrogen and oxygen atoms in total. The fraction of sp³-hybridized carbons (Fsp3) is 0.429. The van der Waals surface area contributed by atoms with Crippen LogP contribution in [0.15, 0.2) is 24.3 Å². The number of hydrogen-bond acceptors (Lipinski definition) is 1. The van der Waals surface area contributed by atoms with Crippen molar-refractivity contribution in [2.75, 3.05) is 12.4 Å².